The van der Waals surface area contributed by atoms with Crippen molar-refractivity contribution >= 4 is 11.0 Å². The number of pyridine rings is 1. The van der Waals surface area contributed by atoms with Crippen molar-refractivity contribution in [2.24, 2.45) is 0 Å². The van der Waals surface area contributed by atoms with Gasteiger partial charge in [0.1, 0.15) is 11.6 Å². The number of nitrogens with zero attached hydrogens (tertiary/aromatic N) is 3. The van der Waals surface area contributed by atoms with Gasteiger partial charge in [0, 0.05) is 40.8 Å². The van der Waals surface area contributed by atoms with Crippen LogP contribution in [0.1, 0.15) is 91.1 Å². The molecule has 64 heavy (non-hydrogen) atoms. The molecule has 9 rings (SSSR count). The van der Waals surface area contributed by atoms with E-state index in [1.54, 1.807) is 18.3 Å². The highest BCUT2D eigenvalue weighted by atomic mass is 16.3. The molecule has 7 aromatic carbocycles. The highest BCUT2D eigenvalue weighted by Crippen LogP contribution is 2.46. The van der Waals surface area contributed by atoms with E-state index in [0.29, 0.717) is 44.8 Å². The van der Waals surface area contributed by atoms with E-state index in [9.17, 15) is 5.11 Å². The first-order valence-corrected chi connectivity index (χ1v) is 21.6. The Hall–Kier alpha value is -7.04. The van der Waals surface area contributed by atoms with Crippen LogP contribution < -0.4 is 0 Å². The minimum Gasteiger partial charge on any atom is -0.507 e. The molecule has 0 aliphatic rings. The summed E-state index contributed by atoms with van der Waals surface area (Å²) in [6, 6.07) is 53.7. The van der Waals surface area contributed by atoms with E-state index >= 15 is 0 Å². The monoisotopic (exact) mass is 845 g/mol. The third-order valence-electron chi connectivity index (χ3n) is 12.0. The summed E-state index contributed by atoms with van der Waals surface area (Å²) in [5.74, 6) is 0.490. The first-order valence-electron chi connectivity index (χ1n) is 26.1. The molecule has 0 aliphatic heterocycles. The maximum atomic E-state index is 12.5. The Balaban J connectivity index is 1.36. The van der Waals surface area contributed by atoms with Crippen LogP contribution in [0, 0.1) is 0 Å². The molecule has 9 aromatic rings. The lowest BCUT2D eigenvalue weighted by Crippen LogP contribution is -2.17. The zero-order valence-corrected chi connectivity index (χ0v) is 37.0. The lowest BCUT2D eigenvalue weighted by molar-refractivity contribution is 0.446. The van der Waals surface area contributed by atoms with Gasteiger partial charge in [0.05, 0.1) is 28.0 Å². The minimum atomic E-state index is -3.54. The number of aromatic hydroxyl groups is 1. The van der Waals surface area contributed by atoms with Gasteiger partial charge < -0.3 is 5.11 Å². The van der Waals surface area contributed by atoms with Gasteiger partial charge in [-0.3, -0.25) is 9.55 Å². The summed E-state index contributed by atoms with van der Waals surface area (Å²) in [6.07, 6.45) is 1.62. The number of rotatable bonds is 7. The van der Waals surface area contributed by atoms with Crippen LogP contribution in [-0.2, 0) is 16.2 Å². The van der Waals surface area contributed by atoms with Gasteiger partial charge in [0.15, 0.2) is 0 Å². The van der Waals surface area contributed by atoms with Gasteiger partial charge in [-0.1, -0.05) is 189 Å². The molecule has 1 N–H and O–H groups in total. The van der Waals surface area contributed by atoms with E-state index in [1.165, 1.54) is 12.1 Å². The minimum absolute atomic E-state index is 0.0681. The Morgan fingerprint density at radius 2 is 1.06 bits per heavy atom. The normalized spacial score (nSPS) is 14.9. The van der Waals surface area contributed by atoms with Crippen molar-refractivity contribution in [3.05, 3.63) is 193 Å². The van der Waals surface area contributed by atoms with Crippen LogP contribution in [-0.4, -0.2) is 19.6 Å². The molecule has 0 aliphatic carbocycles. The first kappa shape index (κ1) is 32.6. The fraction of sp³-hybridized carbons (Fsp3) is 0.200. The lowest BCUT2D eigenvalue weighted by Gasteiger charge is -2.27. The van der Waals surface area contributed by atoms with Crippen LogP contribution >= 0.6 is 0 Å². The number of phenolic OH excluding ortho intramolecular Hbond substituents is 1. The number of phenols is 1. The van der Waals surface area contributed by atoms with Gasteiger partial charge in [-0.25, -0.2) is 4.98 Å². The summed E-state index contributed by atoms with van der Waals surface area (Å²) >= 11 is 0. The zero-order valence-electron chi connectivity index (χ0n) is 46.0. The molecule has 0 radical (unpaired) electrons. The first-order chi connectivity index (χ1) is 34.3. The fourth-order valence-electron chi connectivity index (χ4n) is 8.50. The second-order valence-corrected chi connectivity index (χ2v) is 18.7. The Labute approximate surface area is 391 Å². The Bertz CT molecular complexity index is 3450. The number of imidazole rings is 1. The van der Waals surface area contributed by atoms with Crippen molar-refractivity contribution in [1.29, 1.82) is 0 Å². The summed E-state index contributed by atoms with van der Waals surface area (Å²) in [4.78, 5) is 10.2. The standard InChI is InChI=1S/C60H57N3O/c1-58(2,3)46-34-44(33-45(35-46)52-36-43(31-32-61-52)41-29-27-40(28-30-41)39-19-12-10-13-20-39)49-24-18-26-54-55(49)62-57(50-37-47(59(4,5)6)38-51(56(50)64)60(7,8)9)63(54)53-25-17-16-23-48(53)42-21-14-11-15-22-42/h10-38,64H,1-9H3/i1D3,2D3,3D3. The molecule has 0 unspecified atom stereocenters. The van der Waals surface area contributed by atoms with Gasteiger partial charge in [-0.2, -0.15) is 0 Å². The largest absolute Gasteiger partial charge is 0.507 e. The van der Waals surface area contributed by atoms with E-state index in [0.717, 1.165) is 50.2 Å². The number of fused-ring (bicyclic) bond motifs is 1. The topological polar surface area (TPSA) is 50.9 Å². The molecule has 2 heterocycles. The molecule has 318 valence electrons. The Morgan fingerprint density at radius 3 is 1.73 bits per heavy atom. The van der Waals surface area contributed by atoms with E-state index in [4.69, 9.17) is 22.3 Å². The van der Waals surface area contributed by atoms with Crippen LogP contribution in [0.4, 0.5) is 0 Å². The average Bonchev–Trinajstić information content (AvgIpc) is 3.72. The highest BCUT2D eigenvalue weighted by molar-refractivity contribution is 5.98. The van der Waals surface area contributed by atoms with Crippen LogP contribution in [0.25, 0.3) is 83.9 Å². The number of para-hydroxylation sites is 2. The predicted octanol–water partition coefficient (Wildman–Crippen LogP) is 16.0. The maximum Gasteiger partial charge on any atom is 0.149 e. The van der Waals surface area contributed by atoms with Gasteiger partial charge in [0.2, 0.25) is 0 Å². The van der Waals surface area contributed by atoms with Crippen molar-refractivity contribution in [3.63, 3.8) is 0 Å². The maximum absolute atomic E-state index is 12.5. The lowest BCUT2D eigenvalue weighted by atomic mass is 9.79. The highest BCUT2D eigenvalue weighted by Gasteiger charge is 2.29. The SMILES string of the molecule is [2H]C([2H])([2H])C(c1cc(-c2cc(-c3ccc(-c4ccccc4)cc3)ccn2)cc(-c2cccc3c2nc(-c2cc(C(C)(C)C)cc(C(C)(C)C)c2O)n3-c2ccccc2-c2ccccc2)c1)(C([2H])([2H])[2H])C([2H])([2H])[2H]. The van der Waals surface area contributed by atoms with Crippen molar-refractivity contribution < 1.29 is 17.4 Å². The molecule has 0 fully saturated rings. The molecule has 4 heteroatoms. The predicted molar refractivity (Wildman–Crippen MR) is 269 cm³/mol. The molecule has 0 amide bonds. The van der Waals surface area contributed by atoms with Gasteiger partial charge in [-0.15, -0.1) is 0 Å². The smallest absolute Gasteiger partial charge is 0.149 e. The molecule has 0 atom stereocenters. The van der Waals surface area contributed by atoms with Crippen molar-refractivity contribution in [3.8, 4) is 78.6 Å². The van der Waals surface area contributed by atoms with Crippen molar-refractivity contribution in [1.82, 2.24) is 14.5 Å². The molecule has 2 aromatic heterocycles. The molecule has 0 spiro atoms. The van der Waals surface area contributed by atoms with Crippen molar-refractivity contribution in [2.75, 3.05) is 0 Å². The summed E-state index contributed by atoms with van der Waals surface area (Å²) < 4.78 is 81.3. The molecular weight excluding hydrogens is 779 g/mol. The second kappa shape index (κ2) is 16.3. The number of aromatic nitrogens is 3. The second-order valence-electron chi connectivity index (χ2n) is 18.7. The number of benzene rings is 7. The summed E-state index contributed by atoms with van der Waals surface area (Å²) in [6.45, 7) is 1.89. The molecule has 0 saturated carbocycles. The summed E-state index contributed by atoms with van der Waals surface area (Å²) in [5.41, 5.74) is 6.46. The van der Waals surface area contributed by atoms with Crippen LogP contribution in [0.15, 0.2) is 176 Å². The van der Waals surface area contributed by atoms with Gasteiger partial charge in [0.25, 0.3) is 0 Å². The molecule has 0 bridgehead atoms. The molecule has 4 nitrogen and oxygen atoms in total. The third kappa shape index (κ3) is 8.17. The summed E-state index contributed by atoms with van der Waals surface area (Å²) in [7, 11) is 0. The van der Waals surface area contributed by atoms with Gasteiger partial charge in [-0.05, 0) is 103 Å². The number of hydrogen-bond acceptors (Lipinski definition) is 3. The average molecular weight is 845 g/mol. The Kier molecular flexibility index (Phi) is 8.28. The van der Waals surface area contributed by atoms with Crippen LogP contribution in [0.2, 0.25) is 0 Å². The van der Waals surface area contributed by atoms with Crippen LogP contribution in [0.5, 0.6) is 5.75 Å². The zero-order chi connectivity index (χ0) is 52.5. The van der Waals surface area contributed by atoms with Crippen LogP contribution in [0.3, 0.4) is 0 Å². The van der Waals surface area contributed by atoms with Crippen molar-refractivity contribution in [2.45, 2.75) is 78.3 Å². The quantitative estimate of drug-likeness (QED) is 0.174. The molecular formula is C60H57N3O. The van der Waals surface area contributed by atoms with E-state index in [-0.39, 0.29) is 11.2 Å². The summed E-state index contributed by atoms with van der Waals surface area (Å²) in [5, 5.41) is 12.5. The van der Waals surface area contributed by atoms with E-state index < -0.39 is 36.9 Å². The number of hydrogen-bond donors (Lipinski definition) is 1. The van der Waals surface area contributed by atoms with E-state index in [2.05, 4.69) is 47.6 Å². The third-order valence-corrected chi connectivity index (χ3v) is 12.0. The fourth-order valence-corrected chi connectivity index (χ4v) is 8.50. The molecule has 0 saturated heterocycles. The van der Waals surface area contributed by atoms with E-state index in [1.807, 2.05) is 144 Å². The Morgan fingerprint density at radius 1 is 0.469 bits per heavy atom. The van der Waals surface area contributed by atoms with Gasteiger partial charge >= 0.3 is 0 Å².